The van der Waals surface area contributed by atoms with Gasteiger partial charge in [0, 0.05) is 22.5 Å². The van der Waals surface area contributed by atoms with Gasteiger partial charge in [-0.1, -0.05) is 15.9 Å². The van der Waals surface area contributed by atoms with Crippen molar-refractivity contribution in [3.63, 3.8) is 0 Å². The lowest BCUT2D eigenvalue weighted by Crippen LogP contribution is -2.27. The predicted octanol–water partition coefficient (Wildman–Crippen LogP) is 4.36. The van der Waals surface area contributed by atoms with E-state index in [4.69, 9.17) is 10.7 Å². The maximum Gasteiger partial charge on any atom is 0.113 e. The number of fused-ring (bicyclic) bond motifs is 1. The zero-order valence-corrected chi connectivity index (χ0v) is 13.7. The molecule has 1 aliphatic rings. The van der Waals surface area contributed by atoms with Crippen LogP contribution in [0.5, 0.6) is 0 Å². The summed E-state index contributed by atoms with van der Waals surface area (Å²) in [5.74, 6) is 1.81. The van der Waals surface area contributed by atoms with Crippen LogP contribution in [-0.2, 0) is 0 Å². The molecule has 0 saturated heterocycles. The summed E-state index contributed by atoms with van der Waals surface area (Å²) in [5.41, 5.74) is 8.37. The molecule has 1 saturated carbocycles. The highest BCUT2D eigenvalue weighted by Gasteiger charge is 2.26. The Morgan fingerprint density at radius 3 is 2.60 bits per heavy atom. The van der Waals surface area contributed by atoms with Crippen molar-refractivity contribution in [3.8, 4) is 0 Å². The number of aromatic nitrogens is 2. The summed E-state index contributed by atoms with van der Waals surface area (Å²) in [6.07, 6.45) is 4.57. The molecule has 0 radical (unpaired) electrons. The van der Waals surface area contributed by atoms with Crippen LogP contribution >= 0.6 is 15.9 Å². The Morgan fingerprint density at radius 2 is 1.95 bits per heavy atom. The summed E-state index contributed by atoms with van der Waals surface area (Å²) >= 11 is 3.54. The molecular formula is C16H22BrN3. The fraction of sp³-hybridized carbons (Fsp3) is 0.562. The largest absolute Gasteiger partial charge is 0.328 e. The van der Waals surface area contributed by atoms with Crippen molar-refractivity contribution < 1.29 is 0 Å². The fourth-order valence-corrected chi connectivity index (χ4v) is 3.65. The van der Waals surface area contributed by atoms with E-state index in [1.807, 2.05) is 0 Å². The molecule has 0 unspecified atom stereocenters. The third kappa shape index (κ3) is 2.51. The average molecular weight is 336 g/mol. The van der Waals surface area contributed by atoms with Crippen molar-refractivity contribution in [1.29, 1.82) is 0 Å². The standard InChI is InChI=1S/C16H22BrN3/c1-10(2)20-15-8-5-12(17)9-14(15)19-16(20)11-3-6-13(18)7-4-11/h5,8-11,13H,3-4,6-7,18H2,1-2H3. The molecule has 0 aliphatic heterocycles. The second-order valence-corrected chi connectivity index (χ2v) is 7.09. The summed E-state index contributed by atoms with van der Waals surface area (Å²) in [4.78, 5) is 4.94. The van der Waals surface area contributed by atoms with Gasteiger partial charge in [-0.3, -0.25) is 0 Å². The third-order valence-electron chi connectivity index (χ3n) is 4.33. The number of hydrogen-bond donors (Lipinski definition) is 1. The maximum atomic E-state index is 6.03. The van der Waals surface area contributed by atoms with E-state index < -0.39 is 0 Å². The van der Waals surface area contributed by atoms with Gasteiger partial charge in [0.05, 0.1) is 11.0 Å². The first-order valence-corrected chi connectivity index (χ1v) is 8.28. The summed E-state index contributed by atoms with van der Waals surface area (Å²) in [5, 5.41) is 0. The predicted molar refractivity (Wildman–Crippen MR) is 87.0 cm³/mol. The van der Waals surface area contributed by atoms with E-state index in [0.717, 1.165) is 22.8 Å². The SMILES string of the molecule is CC(C)n1c(C2CCC(N)CC2)nc2cc(Br)ccc21. The first kappa shape index (κ1) is 14.1. The zero-order valence-electron chi connectivity index (χ0n) is 12.1. The molecule has 0 bridgehead atoms. The minimum absolute atomic E-state index is 0.386. The van der Waals surface area contributed by atoms with Crippen LogP contribution in [0, 0.1) is 0 Å². The minimum atomic E-state index is 0.386. The molecule has 20 heavy (non-hydrogen) atoms. The molecule has 3 rings (SSSR count). The second-order valence-electron chi connectivity index (χ2n) is 6.18. The molecule has 2 aromatic rings. The fourth-order valence-electron chi connectivity index (χ4n) is 3.30. The van der Waals surface area contributed by atoms with Crippen LogP contribution in [-0.4, -0.2) is 15.6 Å². The smallest absolute Gasteiger partial charge is 0.113 e. The van der Waals surface area contributed by atoms with Crippen molar-refractivity contribution >= 4 is 27.0 Å². The molecule has 0 atom stereocenters. The number of rotatable bonds is 2. The lowest BCUT2D eigenvalue weighted by Gasteiger charge is -2.27. The van der Waals surface area contributed by atoms with Crippen LogP contribution in [0.4, 0.5) is 0 Å². The van der Waals surface area contributed by atoms with Gasteiger partial charge in [0.25, 0.3) is 0 Å². The number of nitrogens with two attached hydrogens (primary N) is 1. The van der Waals surface area contributed by atoms with Crippen LogP contribution in [0.1, 0.15) is 57.3 Å². The highest BCUT2D eigenvalue weighted by molar-refractivity contribution is 9.10. The Balaban J connectivity index is 2.07. The van der Waals surface area contributed by atoms with Crippen molar-refractivity contribution in [2.24, 2.45) is 5.73 Å². The van der Waals surface area contributed by atoms with Gasteiger partial charge in [-0.25, -0.2) is 4.98 Å². The molecule has 3 nitrogen and oxygen atoms in total. The van der Waals surface area contributed by atoms with Gasteiger partial charge in [-0.05, 0) is 57.7 Å². The molecule has 0 spiro atoms. The van der Waals surface area contributed by atoms with Gasteiger partial charge in [0.2, 0.25) is 0 Å². The molecule has 108 valence electrons. The number of halogens is 1. The minimum Gasteiger partial charge on any atom is -0.328 e. The third-order valence-corrected chi connectivity index (χ3v) is 4.83. The Hall–Kier alpha value is -0.870. The molecule has 1 aromatic heterocycles. The summed E-state index contributed by atoms with van der Waals surface area (Å²) < 4.78 is 3.50. The van der Waals surface area contributed by atoms with Crippen LogP contribution in [0.25, 0.3) is 11.0 Å². The monoisotopic (exact) mass is 335 g/mol. The van der Waals surface area contributed by atoms with E-state index in [2.05, 4.69) is 52.5 Å². The number of benzene rings is 1. The van der Waals surface area contributed by atoms with Crippen molar-refractivity contribution in [1.82, 2.24) is 9.55 Å². The summed E-state index contributed by atoms with van der Waals surface area (Å²) in [7, 11) is 0. The molecule has 1 aliphatic carbocycles. The van der Waals surface area contributed by atoms with Crippen LogP contribution in [0.15, 0.2) is 22.7 Å². The summed E-state index contributed by atoms with van der Waals surface area (Å²) in [6, 6.07) is 7.21. The van der Waals surface area contributed by atoms with Gasteiger partial charge < -0.3 is 10.3 Å². The number of imidazole rings is 1. The molecule has 1 aromatic carbocycles. The van der Waals surface area contributed by atoms with Crippen molar-refractivity contribution in [3.05, 3.63) is 28.5 Å². The quantitative estimate of drug-likeness (QED) is 0.885. The number of nitrogens with zero attached hydrogens (tertiary/aromatic N) is 2. The van der Waals surface area contributed by atoms with E-state index in [-0.39, 0.29) is 0 Å². The Kier molecular flexibility index (Phi) is 3.87. The van der Waals surface area contributed by atoms with Gasteiger partial charge in [-0.2, -0.15) is 0 Å². The summed E-state index contributed by atoms with van der Waals surface area (Å²) in [6.45, 7) is 4.47. The molecular weight excluding hydrogens is 314 g/mol. The van der Waals surface area contributed by atoms with Crippen LogP contribution < -0.4 is 5.73 Å². The van der Waals surface area contributed by atoms with Gasteiger partial charge in [0.15, 0.2) is 0 Å². The van der Waals surface area contributed by atoms with Gasteiger partial charge in [0.1, 0.15) is 5.82 Å². The first-order valence-electron chi connectivity index (χ1n) is 7.49. The average Bonchev–Trinajstić information content (AvgIpc) is 2.77. The lowest BCUT2D eigenvalue weighted by molar-refractivity contribution is 0.372. The van der Waals surface area contributed by atoms with Crippen LogP contribution in [0.3, 0.4) is 0 Å². The normalized spacial score (nSPS) is 23.6. The lowest BCUT2D eigenvalue weighted by atomic mass is 9.86. The van der Waals surface area contributed by atoms with E-state index in [1.165, 1.54) is 24.2 Å². The molecule has 0 amide bonds. The zero-order chi connectivity index (χ0) is 14.3. The highest BCUT2D eigenvalue weighted by Crippen LogP contribution is 2.35. The second kappa shape index (κ2) is 5.49. The topological polar surface area (TPSA) is 43.8 Å². The molecule has 2 N–H and O–H groups in total. The highest BCUT2D eigenvalue weighted by atomic mass is 79.9. The van der Waals surface area contributed by atoms with Crippen molar-refractivity contribution in [2.45, 2.75) is 57.5 Å². The molecule has 4 heteroatoms. The Morgan fingerprint density at radius 1 is 1.25 bits per heavy atom. The van der Waals surface area contributed by atoms with E-state index in [0.29, 0.717) is 18.0 Å². The van der Waals surface area contributed by atoms with Gasteiger partial charge >= 0.3 is 0 Å². The number of hydrogen-bond acceptors (Lipinski definition) is 2. The molecule has 1 fully saturated rings. The van der Waals surface area contributed by atoms with E-state index >= 15 is 0 Å². The van der Waals surface area contributed by atoms with E-state index in [9.17, 15) is 0 Å². The van der Waals surface area contributed by atoms with Crippen molar-refractivity contribution in [2.75, 3.05) is 0 Å². The molecule has 1 heterocycles. The van der Waals surface area contributed by atoms with Crippen LogP contribution in [0.2, 0.25) is 0 Å². The Labute approximate surface area is 128 Å². The first-order chi connectivity index (χ1) is 9.56. The maximum absolute atomic E-state index is 6.03. The van der Waals surface area contributed by atoms with E-state index in [1.54, 1.807) is 0 Å². The van der Waals surface area contributed by atoms with Gasteiger partial charge in [-0.15, -0.1) is 0 Å². The Bertz CT molecular complexity index is 609.